The van der Waals surface area contributed by atoms with Crippen LogP contribution in [0.1, 0.15) is 29.2 Å². The molecule has 1 fully saturated rings. The van der Waals surface area contributed by atoms with E-state index in [1.165, 1.54) is 12.1 Å². The summed E-state index contributed by atoms with van der Waals surface area (Å²) in [7, 11) is 0. The summed E-state index contributed by atoms with van der Waals surface area (Å²) in [5.41, 5.74) is 0.00893. The number of ether oxygens (including phenoxy) is 1. The fraction of sp³-hybridized carbons (Fsp3) is 0.222. The first-order chi connectivity index (χ1) is 11.9. The third kappa shape index (κ3) is 2.26. The molecule has 4 rings (SSSR count). The molecular formula is C18H14F2N2O3. The molecule has 5 nitrogen and oxygen atoms in total. The standard InChI is InChI=1S/C18H14F2N2O3/c1-9-5-6-13-11(7-9)18(16(23)21-17(24)22-18)8-14(25-13)10-3-2-4-12(19)15(10)20/h2-7,14H,8H2,1H3,(H2,21,22,23,24). The van der Waals surface area contributed by atoms with Crippen LogP contribution in [-0.4, -0.2) is 11.9 Å². The van der Waals surface area contributed by atoms with Gasteiger partial charge in [0.25, 0.3) is 5.91 Å². The lowest BCUT2D eigenvalue weighted by molar-refractivity contribution is -0.126. The molecule has 3 amide bonds. The van der Waals surface area contributed by atoms with Crippen molar-refractivity contribution in [2.45, 2.75) is 25.0 Å². The van der Waals surface area contributed by atoms with E-state index >= 15 is 0 Å². The fourth-order valence-electron chi connectivity index (χ4n) is 3.43. The van der Waals surface area contributed by atoms with Crippen molar-refractivity contribution >= 4 is 11.9 Å². The van der Waals surface area contributed by atoms with Crippen molar-refractivity contribution in [2.75, 3.05) is 0 Å². The minimum atomic E-state index is -1.37. The van der Waals surface area contributed by atoms with Crippen LogP contribution < -0.4 is 15.4 Å². The summed E-state index contributed by atoms with van der Waals surface area (Å²) in [6.07, 6.45) is -0.962. The number of carbonyl (C=O) groups is 2. The largest absolute Gasteiger partial charge is 0.485 e. The van der Waals surface area contributed by atoms with Gasteiger partial charge in [0.1, 0.15) is 11.9 Å². The topological polar surface area (TPSA) is 67.4 Å². The lowest BCUT2D eigenvalue weighted by Gasteiger charge is -2.38. The quantitative estimate of drug-likeness (QED) is 0.782. The zero-order chi connectivity index (χ0) is 17.8. The van der Waals surface area contributed by atoms with Crippen molar-refractivity contribution in [3.8, 4) is 5.75 Å². The van der Waals surface area contributed by atoms with Crippen molar-refractivity contribution in [2.24, 2.45) is 0 Å². The van der Waals surface area contributed by atoms with E-state index in [9.17, 15) is 18.4 Å². The van der Waals surface area contributed by atoms with E-state index in [4.69, 9.17) is 4.74 Å². The molecule has 1 spiro atoms. The SMILES string of the molecule is Cc1ccc2c(c1)C1(CC(c3cccc(F)c3F)O2)NC(=O)NC1=O. The molecule has 2 atom stereocenters. The van der Waals surface area contributed by atoms with E-state index in [0.717, 1.165) is 11.6 Å². The molecular weight excluding hydrogens is 330 g/mol. The first-order valence-electron chi connectivity index (χ1n) is 7.76. The first kappa shape index (κ1) is 15.6. The van der Waals surface area contributed by atoms with Crippen LogP contribution in [0.5, 0.6) is 5.75 Å². The monoisotopic (exact) mass is 344 g/mol. The number of aryl methyl sites for hydroxylation is 1. The molecule has 0 saturated carbocycles. The number of fused-ring (bicyclic) bond motifs is 2. The molecule has 1 saturated heterocycles. The van der Waals surface area contributed by atoms with Crippen molar-refractivity contribution in [3.05, 3.63) is 64.7 Å². The average molecular weight is 344 g/mol. The fourth-order valence-corrected chi connectivity index (χ4v) is 3.43. The number of amides is 3. The Morgan fingerprint density at radius 3 is 2.72 bits per heavy atom. The Morgan fingerprint density at radius 1 is 1.20 bits per heavy atom. The highest BCUT2D eigenvalue weighted by molar-refractivity contribution is 6.08. The van der Waals surface area contributed by atoms with Crippen LogP contribution >= 0.6 is 0 Å². The first-order valence-corrected chi connectivity index (χ1v) is 7.76. The lowest BCUT2D eigenvalue weighted by Crippen LogP contribution is -2.48. The van der Waals surface area contributed by atoms with Crippen molar-refractivity contribution < 1.29 is 23.1 Å². The number of halogens is 2. The molecule has 7 heteroatoms. The third-order valence-electron chi connectivity index (χ3n) is 4.63. The van der Waals surface area contributed by atoms with Crippen LogP contribution in [0.25, 0.3) is 0 Å². The predicted octanol–water partition coefficient (Wildman–Crippen LogP) is 2.83. The van der Waals surface area contributed by atoms with Gasteiger partial charge in [0.15, 0.2) is 17.2 Å². The molecule has 0 aliphatic carbocycles. The molecule has 0 bridgehead atoms. The number of carbonyl (C=O) groups excluding carboxylic acids is 2. The van der Waals surface area contributed by atoms with Crippen LogP contribution in [0.3, 0.4) is 0 Å². The molecule has 0 radical (unpaired) electrons. The minimum absolute atomic E-state index is 0.000418. The van der Waals surface area contributed by atoms with Gasteiger partial charge in [-0.2, -0.15) is 0 Å². The predicted molar refractivity (Wildman–Crippen MR) is 83.9 cm³/mol. The van der Waals surface area contributed by atoms with E-state index in [-0.39, 0.29) is 12.0 Å². The average Bonchev–Trinajstić information content (AvgIpc) is 2.85. The summed E-state index contributed by atoms with van der Waals surface area (Å²) in [5.74, 6) is -2.20. The number of hydrogen-bond acceptors (Lipinski definition) is 3. The number of hydrogen-bond donors (Lipinski definition) is 2. The van der Waals surface area contributed by atoms with Crippen molar-refractivity contribution in [1.82, 2.24) is 10.6 Å². The van der Waals surface area contributed by atoms with Gasteiger partial charge in [0.05, 0.1) is 0 Å². The van der Waals surface area contributed by atoms with Gasteiger partial charge < -0.3 is 10.1 Å². The molecule has 2 aliphatic heterocycles. The Hall–Kier alpha value is -2.96. The molecule has 2 heterocycles. The van der Waals surface area contributed by atoms with Gasteiger partial charge in [-0.3, -0.25) is 10.1 Å². The summed E-state index contributed by atoms with van der Waals surface area (Å²) in [6, 6.07) is 8.36. The van der Waals surface area contributed by atoms with Gasteiger partial charge in [-0.25, -0.2) is 13.6 Å². The van der Waals surface area contributed by atoms with Gasteiger partial charge in [-0.05, 0) is 25.1 Å². The lowest BCUT2D eigenvalue weighted by atomic mass is 9.79. The van der Waals surface area contributed by atoms with E-state index < -0.39 is 35.2 Å². The number of benzene rings is 2. The molecule has 2 aromatic carbocycles. The summed E-state index contributed by atoms with van der Waals surface area (Å²) in [6.45, 7) is 1.85. The van der Waals surface area contributed by atoms with Gasteiger partial charge in [-0.15, -0.1) is 0 Å². The maximum atomic E-state index is 14.2. The Labute approximate surface area is 142 Å². The maximum absolute atomic E-state index is 14.2. The second kappa shape index (κ2) is 5.27. The van der Waals surface area contributed by atoms with Crippen LogP contribution in [0.2, 0.25) is 0 Å². The van der Waals surface area contributed by atoms with E-state index in [1.807, 2.05) is 6.92 Å². The van der Waals surface area contributed by atoms with Gasteiger partial charge in [0.2, 0.25) is 0 Å². The smallest absolute Gasteiger partial charge is 0.322 e. The molecule has 128 valence electrons. The minimum Gasteiger partial charge on any atom is -0.485 e. The summed E-state index contributed by atoms with van der Waals surface area (Å²) in [4.78, 5) is 24.3. The molecule has 2 aliphatic rings. The number of imide groups is 1. The van der Waals surface area contributed by atoms with Crippen LogP contribution in [0.4, 0.5) is 13.6 Å². The van der Waals surface area contributed by atoms with Gasteiger partial charge >= 0.3 is 6.03 Å². The Morgan fingerprint density at radius 2 is 2.00 bits per heavy atom. The van der Waals surface area contributed by atoms with Crippen molar-refractivity contribution in [1.29, 1.82) is 0 Å². The Bertz CT molecular complexity index is 915. The normalized spacial score (nSPS) is 24.5. The number of urea groups is 1. The summed E-state index contributed by atoms with van der Waals surface area (Å²) in [5, 5.41) is 4.86. The highest BCUT2D eigenvalue weighted by Gasteiger charge is 2.53. The van der Waals surface area contributed by atoms with Crippen molar-refractivity contribution in [3.63, 3.8) is 0 Å². The maximum Gasteiger partial charge on any atom is 0.322 e. The highest BCUT2D eigenvalue weighted by atomic mass is 19.2. The molecule has 2 unspecified atom stereocenters. The summed E-state index contributed by atoms with van der Waals surface area (Å²) < 4.78 is 33.7. The second-order valence-corrected chi connectivity index (χ2v) is 6.27. The van der Waals surface area contributed by atoms with Gasteiger partial charge in [0, 0.05) is 17.5 Å². The van der Waals surface area contributed by atoms with Crippen LogP contribution in [0, 0.1) is 18.6 Å². The van der Waals surface area contributed by atoms with Crippen LogP contribution in [-0.2, 0) is 10.3 Å². The highest BCUT2D eigenvalue weighted by Crippen LogP contribution is 2.46. The molecule has 2 aromatic rings. The van der Waals surface area contributed by atoms with E-state index in [1.54, 1.807) is 18.2 Å². The van der Waals surface area contributed by atoms with Gasteiger partial charge in [-0.1, -0.05) is 23.8 Å². The zero-order valence-corrected chi connectivity index (χ0v) is 13.2. The third-order valence-corrected chi connectivity index (χ3v) is 4.63. The van der Waals surface area contributed by atoms with E-state index in [2.05, 4.69) is 10.6 Å². The molecule has 2 N–H and O–H groups in total. The van der Waals surface area contributed by atoms with Crippen LogP contribution in [0.15, 0.2) is 36.4 Å². The summed E-state index contributed by atoms with van der Waals surface area (Å²) >= 11 is 0. The molecule has 25 heavy (non-hydrogen) atoms. The molecule has 0 aromatic heterocycles. The Kier molecular flexibility index (Phi) is 3.28. The number of rotatable bonds is 1. The number of nitrogens with one attached hydrogen (secondary N) is 2. The Balaban J connectivity index is 1.88. The second-order valence-electron chi connectivity index (χ2n) is 6.27. The van der Waals surface area contributed by atoms with E-state index in [0.29, 0.717) is 11.3 Å². The zero-order valence-electron chi connectivity index (χ0n) is 13.2.